The summed E-state index contributed by atoms with van der Waals surface area (Å²) >= 11 is 0. The van der Waals surface area contributed by atoms with Gasteiger partial charge in [0.05, 0.1) is 0 Å². The smallest absolute Gasteiger partial charge is 0.408 e. The molecule has 10 aromatic carbocycles. The molecule has 0 unspecified atom stereocenters. The van der Waals surface area contributed by atoms with Crippen molar-refractivity contribution in [1.29, 1.82) is 0 Å². The Morgan fingerprint density at radius 1 is 0.275 bits per heavy atom. The van der Waals surface area contributed by atoms with Gasteiger partial charge in [0.2, 0.25) is 0 Å². The molecule has 0 fully saturated rings. The molecule has 10 aromatic rings. The third-order valence-corrected chi connectivity index (χ3v) is 16.6. The summed E-state index contributed by atoms with van der Waals surface area (Å²) in [6, 6.07) is 86.5. The molecule has 0 heterocycles. The summed E-state index contributed by atoms with van der Waals surface area (Å²) in [6.45, 7) is 17.9. The van der Waals surface area contributed by atoms with E-state index in [4.69, 9.17) is 27.1 Å². The van der Waals surface area contributed by atoms with Crippen molar-refractivity contribution in [3.63, 3.8) is 0 Å². The molecule has 0 aliphatic heterocycles. The number of hydrogen-bond acceptors (Lipinski definition) is 6. The molecule has 10 rings (SSSR count). The standard InChI is InChI=1S/C72H68O6P2/c1-9-72(8,56-46-48-68(62(50-56)70(2,3)4)77-79(73-64-42-26-22-38-58(64)52-30-14-10-15-31-52)74-65-43-27-23-39-59(65)53-32-16-11-17-33-53)57-47-49-69(63(51-57)71(5,6)7)78-80(75-66-44-28-24-40-60(66)54-34-18-12-19-35-54)76-67-45-29-25-41-61(67)55-36-20-13-21-37-55/h10-51H,9H2,1-8H3. The molecule has 0 spiro atoms. The number of rotatable bonds is 19. The lowest BCUT2D eigenvalue weighted by molar-refractivity contribution is 0.382. The van der Waals surface area contributed by atoms with Gasteiger partial charge in [0.25, 0.3) is 0 Å². The van der Waals surface area contributed by atoms with Crippen molar-refractivity contribution in [3.8, 4) is 79.0 Å². The summed E-state index contributed by atoms with van der Waals surface area (Å²) in [5.41, 5.74) is 11.2. The maximum absolute atomic E-state index is 7.12. The lowest BCUT2D eigenvalue weighted by Crippen LogP contribution is -2.25. The van der Waals surface area contributed by atoms with E-state index in [1.54, 1.807) is 0 Å². The van der Waals surface area contributed by atoms with Crippen LogP contribution in [0.5, 0.6) is 34.5 Å². The minimum atomic E-state index is -2.07. The number of benzene rings is 10. The molecule has 0 bridgehead atoms. The Balaban J connectivity index is 1.01. The highest BCUT2D eigenvalue weighted by Gasteiger charge is 2.35. The molecule has 0 atom stereocenters. The lowest BCUT2D eigenvalue weighted by atomic mass is 9.71. The van der Waals surface area contributed by atoms with Crippen LogP contribution in [0, 0.1) is 0 Å². The van der Waals surface area contributed by atoms with Crippen LogP contribution < -0.4 is 27.1 Å². The third-order valence-electron chi connectivity index (χ3n) is 14.5. The van der Waals surface area contributed by atoms with E-state index in [0.29, 0.717) is 34.5 Å². The van der Waals surface area contributed by atoms with Crippen LogP contribution in [0.15, 0.2) is 255 Å². The largest absolute Gasteiger partial charge is 0.530 e. The van der Waals surface area contributed by atoms with Crippen LogP contribution in [0.25, 0.3) is 44.5 Å². The SMILES string of the molecule is CCC(C)(c1ccc(OP(Oc2ccccc2-c2ccccc2)Oc2ccccc2-c2ccccc2)c(C(C)(C)C)c1)c1ccc(OP(Oc2ccccc2-c2ccccc2)Oc2ccccc2-c2ccccc2)c(C(C)(C)C)c1. The molecule has 0 aromatic heterocycles. The first-order valence-electron chi connectivity index (χ1n) is 27.3. The molecule has 0 radical (unpaired) electrons. The van der Waals surface area contributed by atoms with E-state index in [9.17, 15) is 0 Å². The molecule has 0 saturated carbocycles. The Kier molecular flexibility index (Phi) is 16.9. The summed E-state index contributed by atoms with van der Waals surface area (Å²) in [6.07, 6.45) is 0.817. The predicted molar refractivity (Wildman–Crippen MR) is 332 cm³/mol. The van der Waals surface area contributed by atoms with Crippen LogP contribution in [0.3, 0.4) is 0 Å². The van der Waals surface area contributed by atoms with Crippen LogP contribution in [-0.4, -0.2) is 0 Å². The second kappa shape index (κ2) is 24.5. The van der Waals surface area contributed by atoms with Crippen molar-refractivity contribution in [2.45, 2.75) is 78.1 Å². The maximum Gasteiger partial charge on any atom is 0.530 e. The highest BCUT2D eigenvalue weighted by atomic mass is 31.2. The molecule has 0 saturated heterocycles. The average molecular weight is 1090 g/mol. The first kappa shape index (κ1) is 55.2. The van der Waals surface area contributed by atoms with E-state index in [2.05, 4.69) is 165 Å². The van der Waals surface area contributed by atoms with E-state index < -0.39 is 22.6 Å². The fourth-order valence-electron chi connectivity index (χ4n) is 9.86. The summed E-state index contributed by atoms with van der Waals surface area (Å²) < 4.78 is 42.0. The van der Waals surface area contributed by atoms with Crippen molar-refractivity contribution in [1.82, 2.24) is 0 Å². The van der Waals surface area contributed by atoms with Crippen LogP contribution in [0.2, 0.25) is 0 Å². The highest BCUT2D eigenvalue weighted by Crippen LogP contribution is 2.53. The fourth-order valence-corrected chi connectivity index (χ4v) is 12.0. The van der Waals surface area contributed by atoms with Crippen LogP contribution >= 0.6 is 17.2 Å². The predicted octanol–water partition coefficient (Wildman–Crippen LogP) is 21.2. The number of para-hydroxylation sites is 4. The first-order valence-corrected chi connectivity index (χ1v) is 29.5. The summed E-state index contributed by atoms with van der Waals surface area (Å²) in [5, 5.41) is 0. The van der Waals surface area contributed by atoms with Gasteiger partial charge in [0.15, 0.2) is 0 Å². The molecular formula is C72H68O6P2. The maximum atomic E-state index is 7.12. The highest BCUT2D eigenvalue weighted by molar-refractivity contribution is 7.43. The van der Waals surface area contributed by atoms with Crippen molar-refractivity contribution >= 4 is 17.2 Å². The van der Waals surface area contributed by atoms with E-state index in [-0.39, 0.29) is 10.8 Å². The zero-order valence-corrected chi connectivity index (χ0v) is 48.6. The first-order chi connectivity index (χ1) is 38.7. The second-order valence-electron chi connectivity index (χ2n) is 22.1. The third kappa shape index (κ3) is 12.8. The van der Waals surface area contributed by atoms with Gasteiger partial charge >= 0.3 is 17.2 Å². The van der Waals surface area contributed by atoms with Crippen molar-refractivity contribution in [3.05, 3.63) is 277 Å². The Bertz CT molecular complexity index is 3240. The number of hydrogen-bond donors (Lipinski definition) is 0. The van der Waals surface area contributed by atoms with E-state index >= 15 is 0 Å². The molecule has 0 aliphatic carbocycles. The molecule has 0 aliphatic rings. The second-order valence-corrected chi connectivity index (χ2v) is 24.0. The minimum Gasteiger partial charge on any atom is -0.408 e. The Morgan fingerprint density at radius 3 is 0.762 bits per heavy atom. The quantitative estimate of drug-likeness (QED) is 0.0752. The van der Waals surface area contributed by atoms with Crippen molar-refractivity contribution in [2.75, 3.05) is 0 Å². The van der Waals surface area contributed by atoms with Crippen molar-refractivity contribution in [2.24, 2.45) is 0 Å². The van der Waals surface area contributed by atoms with Gasteiger partial charge in [-0.05, 0) is 87.0 Å². The summed E-state index contributed by atoms with van der Waals surface area (Å²) in [4.78, 5) is 0. The van der Waals surface area contributed by atoms with E-state index in [1.807, 2.05) is 146 Å². The Labute approximate surface area is 476 Å². The molecule has 0 amide bonds. The summed E-state index contributed by atoms with van der Waals surface area (Å²) in [5.74, 6) is 4.03. The molecule has 8 heteroatoms. The van der Waals surface area contributed by atoms with Gasteiger partial charge in [-0.15, -0.1) is 0 Å². The van der Waals surface area contributed by atoms with Crippen LogP contribution in [0.1, 0.15) is 84.1 Å². The van der Waals surface area contributed by atoms with Gasteiger partial charge in [-0.1, -0.05) is 274 Å². The van der Waals surface area contributed by atoms with E-state index in [0.717, 1.165) is 73.2 Å². The molecule has 80 heavy (non-hydrogen) atoms. The van der Waals surface area contributed by atoms with Gasteiger partial charge in [-0.3, -0.25) is 0 Å². The van der Waals surface area contributed by atoms with E-state index in [1.165, 1.54) is 0 Å². The zero-order valence-electron chi connectivity index (χ0n) is 46.8. The fraction of sp³-hybridized carbons (Fsp3) is 0.167. The Morgan fingerprint density at radius 2 is 0.512 bits per heavy atom. The van der Waals surface area contributed by atoms with Gasteiger partial charge in [0.1, 0.15) is 34.5 Å². The lowest BCUT2D eigenvalue weighted by Gasteiger charge is -2.34. The topological polar surface area (TPSA) is 55.4 Å². The average Bonchev–Trinajstić information content (AvgIpc) is 3.54. The van der Waals surface area contributed by atoms with Crippen molar-refractivity contribution < 1.29 is 27.1 Å². The van der Waals surface area contributed by atoms with Gasteiger partial charge < -0.3 is 27.1 Å². The monoisotopic (exact) mass is 1090 g/mol. The van der Waals surface area contributed by atoms with Gasteiger partial charge in [0, 0.05) is 38.8 Å². The molecule has 6 nitrogen and oxygen atoms in total. The Hall–Kier alpha value is -8.14. The zero-order chi connectivity index (χ0) is 55.7. The molecular weight excluding hydrogens is 1020 g/mol. The summed E-state index contributed by atoms with van der Waals surface area (Å²) in [7, 11) is -4.15. The normalized spacial score (nSPS) is 11.8. The molecule has 402 valence electrons. The van der Waals surface area contributed by atoms with Gasteiger partial charge in [-0.2, -0.15) is 0 Å². The van der Waals surface area contributed by atoms with Gasteiger partial charge in [-0.25, -0.2) is 0 Å². The van der Waals surface area contributed by atoms with Crippen LogP contribution in [0.4, 0.5) is 0 Å². The van der Waals surface area contributed by atoms with Crippen LogP contribution in [-0.2, 0) is 16.2 Å². The minimum absolute atomic E-state index is 0.339. The molecule has 0 N–H and O–H groups in total.